The van der Waals surface area contributed by atoms with Crippen LogP contribution in [0.25, 0.3) is 0 Å². The zero-order valence-corrected chi connectivity index (χ0v) is 18.5. The number of nitrogens with one attached hydrogen (secondary N) is 3. The first kappa shape index (κ1) is 24.0. The van der Waals surface area contributed by atoms with Crippen molar-refractivity contribution in [3.8, 4) is 5.75 Å². The molecular weight excluding hydrogens is 380 g/mol. The second kappa shape index (κ2) is 14.7. The predicted octanol–water partition coefficient (Wildman–Crippen LogP) is 3.00. The number of amides is 1. The van der Waals surface area contributed by atoms with E-state index in [1.807, 2.05) is 31.2 Å². The lowest BCUT2D eigenvalue weighted by Gasteiger charge is -2.16. The molecule has 0 heterocycles. The summed E-state index contributed by atoms with van der Waals surface area (Å²) in [6.45, 7) is 7.30. The molecule has 1 saturated carbocycles. The Bertz CT molecular complexity index is 643. The SMILES string of the molecule is CCNC(=O)COc1cccc(CN=C(NCC)NCCOC2CCCCCC2)c1. The molecule has 1 aliphatic carbocycles. The highest BCUT2D eigenvalue weighted by Crippen LogP contribution is 2.19. The molecule has 0 spiro atoms. The van der Waals surface area contributed by atoms with Gasteiger partial charge in [-0.3, -0.25) is 4.79 Å². The molecule has 0 aromatic heterocycles. The number of nitrogens with zero attached hydrogens (tertiary/aromatic N) is 1. The lowest BCUT2D eigenvalue weighted by atomic mass is 10.1. The monoisotopic (exact) mass is 418 g/mol. The van der Waals surface area contributed by atoms with E-state index in [9.17, 15) is 4.79 Å². The maximum absolute atomic E-state index is 11.5. The van der Waals surface area contributed by atoms with Crippen LogP contribution in [0.2, 0.25) is 0 Å². The van der Waals surface area contributed by atoms with Crippen LogP contribution in [0.15, 0.2) is 29.3 Å². The molecule has 0 aliphatic heterocycles. The van der Waals surface area contributed by atoms with Gasteiger partial charge in [-0.25, -0.2) is 4.99 Å². The number of aliphatic imine (C=N–C) groups is 1. The normalized spacial score (nSPS) is 15.3. The number of hydrogen-bond acceptors (Lipinski definition) is 4. The molecule has 7 nitrogen and oxygen atoms in total. The summed E-state index contributed by atoms with van der Waals surface area (Å²) in [5, 5.41) is 9.33. The lowest BCUT2D eigenvalue weighted by Crippen LogP contribution is -2.39. The summed E-state index contributed by atoms with van der Waals surface area (Å²) in [7, 11) is 0. The maximum Gasteiger partial charge on any atom is 0.257 e. The third kappa shape index (κ3) is 9.96. The molecule has 0 atom stereocenters. The smallest absolute Gasteiger partial charge is 0.257 e. The third-order valence-corrected chi connectivity index (χ3v) is 4.96. The Hall–Kier alpha value is -2.28. The number of benzene rings is 1. The fraction of sp³-hybridized carbons (Fsp3) is 0.652. The maximum atomic E-state index is 11.5. The number of guanidine groups is 1. The third-order valence-electron chi connectivity index (χ3n) is 4.96. The largest absolute Gasteiger partial charge is 0.484 e. The van der Waals surface area contributed by atoms with Crippen molar-refractivity contribution in [2.75, 3.05) is 32.8 Å². The van der Waals surface area contributed by atoms with Crippen LogP contribution < -0.4 is 20.7 Å². The molecule has 2 rings (SSSR count). The number of carbonyl (C=O) groups excluding carboxylic acids is 1. The Morgan fingerprint density at radius 2 is 1.83 bits per heavy atom. The number of hydrogen-bond donors (Lipinski definition) is 3. The fourth-order valence-electron chi connectivity index (χ4n) is 3.45. The zero-order chi connectivity index (χ0) is 21.4. The first-order valence-corrected chi connectivity index (χ1v) is 11.3. The van der Waals surface area contributed by atoms with E-state index in [2.05, 4.69) is 27.9 Å². The molecule has 0 saturated heterocycles. The molecule has 0 unspecified atom stereocenters. The van der Waals surface area contributed by atoms with Crippen LogP contribution in [0, 0.1) is 0 Å². The molecule has 0 bridgehead atoms. The van der Waals surface area contributed by atoms with Crippen molar-refractivity contribution in [2.45, 2.75) is 65.0 Å². The van der Waals surface area contributed by atoms with Gasteiger partial charge in [0.25, 0.3) is 5.91 Å². The topological polar surface area (TPSA) is 84.0 Å². The van der Waals surface area contributed by atoms with Crippen molar-refractivity contribution in [3.63, 3.8) is 0 Å². The number of carbonyl (C=O) groups is 1. The highest BCUT2D eigenvalue weighted by Gasteiger charge is 2.12. The summed E-state index contributed by atoms with van der Waals surface area (Å²) < 4.78 is 11.6. The van der Waals surface area contributed by atoms with Crippen LogP contribution in [0.1, 0.15) is 57.9 Å². The van der Waals surface area contributed by atoms with Gasteiger partial charge in [0.1, 0.15) is 5.75 Å². The Morgan fingerprint density at radius 1 is 1.07 bits per heavy atom. The van der Waals surface area contributed by atoms with Crippen molar-refractivity contribution in [3.05, 3.63) is 29.8 Å². The van der Waals surface area contributed by atoms with Crippen LogP contribution in [0.5, 0.6) is 5.75 Å². The molecule has 0 radical (unpaired) electrons. The second-order valence-corrected chi connectivity index (χ2v) is 7.50. The molecule has 1 fully saturated rings. The molecular formula is C23H38N4O3. The van der Waals surface area contributed by atoms with Gasteiger partial charge >= 0.3 is 0 Å². The van der Waals surface area contributed by atoms with Crippen LogP contribution >= 0.6 is 0 Å². The summed E-state index contributed by atoms with van der Waals surface area (Å²) >= 11 is 0. The highest BCUT2D eigenvalue weighted by atomic mass is 16.5. The average molecular weight is 419 g/mol. The molecule has 1 amide bonds. The minimum absolute atomic E-state index is 0.0196. The highest BCUT2D eigenvalue weighted by molar-refractivity contribution is 5.79. The van der Waals surface area contributed by atoms with E-state index in [1.54, 1.807) is 0 Å². The van der Waals surface area contributed by atoms with E-state index in [0.29, 0.717) is 31.5 Å². The summed E-state index contributed by atoms with van der Waals surface area (Å²) in [4.78, 5) is 16.2. The van der Waals surface area contributed by atoms with Crippen LogP contribution in [-0.4, -0.2) is 50.8 Å². The zero-order valence-electron chi connectivity index (χ0n) is 18.5. The standard InChI is InChI=1S/C23H38N4O3/c1-3-24-22(28)18-30-21-13-9-10-19(16-21)17-27-23(25-4-2)26-14-15-29-20-11-7-5-6-8-12-20/h9-10,13,16,20H,3-8,11-12,14-15,17-18H2,1-2H3,(H,24,28)(H2,25,26,27). The fourth-order valence-corrected chi connectivity index (χ4v) is 3.45. The summed E-state index contributed by atoms with van der Waals surface area (Å²) in [5.74, 6) is 1.32. The van der Waals surface area contributed by atoms with E-state index < -0.39 is 0 Å². The molecule has 168 valence electrons. The van der Waals surface area contributed by atoms with Gasteiger partial charge < -0.3 is 25.4 Å². The van der Waals surface area contributed by atoms with Gasteiger partial charge in [0.05, 0.1) is 19.3 Å². The molecule has 30 heavy (non-hydrogen) atoms. The minimum Gasteiger partial charge on any atom is -0.484 e. The molecule has 3 N–H and O–H groups in total. The van der Waals surface area contributed by atoms with Gasteiger partial charge in [0.2, 0.25) is 0 Å². The van der Waals surface area contributed by atoms with Gasteiger partial charge in [-0.1, -0.05) is 37.8 Å². The van der Waals surface area contributed by atoms with Crippen molar-refractivity contribution in [2.24, 2.45) is 4.99 Å². The first-order valence-electron chi connectivity index (χ1n) is 11.3. The van der Waals surface area contributed by atoms with Crippen molar-refractivity contribution in [1.82, 2.24) is 16.0 Å². The van der Waals surface area contributed by atoms with Crippen LogP contribution in [-0.2, 0) is 16.1 Å². The summed E-state index contributed by atoms with van der Waals surface area (Å²) in [6.07, 6.45) is 8.04. The van der Waals surface area contributed by atoms with E-state index >= 15 is 0 Å². The molecule has 1 aliphatic rings. The number of rotatable bonds is 11. The van der Waals surface area contributed by atoms with E-state index in [-0.39, 0.29) is 12.5 Å². The second-order valence-electron chi connectivity index (χ2n) is 7.50. The van der Waals surface area contributed by atoms with Crippen LogP contribution in [0.3, 0.4) is 0 Å². The van der Waals surface area contributed by atoms with Crippen molar-refractivity contribution < 1.29 is 14.3 Å². The molecule has 7 heteroatoms. The van der Waals surface area contributed by atoms with Crippen molar-refractivity contribution in [1.29, 1.82) is 0 Å². The van der Waals surface area contributed by atoms with Gasteiger partial charge in [-0.05, 0) is 44.4 Å². The average Bonchev–Trinajstić information content (AvgIpc) is 3.03. The van der Waals surface area contributed by atoms with Crippen LogP contribution in [0.4, 0.5) is 0 Å². The lowest BCUT2D eigenvalue weighted by molar-refractivity contribution is -0.122. The Morgan fingerprint density at radius 3 is 2.57 bits per heavy atom. The van der Waals surface area contributed by atoms with E-state index in [0.717, 1.165) is 24.6 Å². The Labute approximate surface area is 181 Å². The van der Waals surface area contributed by atoms with E-state index in [1.165, 1.54) is 38.5 Å². The van der Waals surface area contributed by atoms with Gasteiger partial charge in [-0.15, -0.1) is 0 Å². The van der Waals surface area contributed by atoms with Gasteiger partial charge in [0.15, 0.2) is 12.6 Å². The van der Waals surface area contributed by atoms with E-state index in [4.69, 9.17) is 9.47 Å². The molecule has 1 aromatic rings. The predicted molar refractivity (Wildman–Crippen MR) is 121 cm³/mol. The van der Waals surface area contributed by atoms with Gasteiger partial charge in [-0.2, -0.15) is 0 Å². The Balaban J connectivity index is 1.77. The summed E-state index contributed by atoms with van der Waals surface area (Å²) in [5.41, 5.74) is 1.02. The minimum atomic E-state index is -0.120. The van der Waals surface area contributed by atoms with Crippen molar-refractivity contribution >= 4 is 11.9 Å². The molecule has 1 aromatic carbocycles. The van der Waals surface area contributed by atoms with Gasteiger partial charge in [0, 0.05) is 19.6 Å². The summed E-state index contributed by atoms with van der Waals surface area (Å²) in [6, 6.07) is 7.68. The first-order chi connectivity index (χ1) is 14.7. The quantitative estimate of drug-likeness (QED) is 0.223. The number of likely N-dealkylation sites (N-methyl/N-ethyl adjacent to an activating group) is 1. The number of ether oxygens (including phenoxy) is 2. The Kier molecular flexibility index (Phi) is 11.7.